The summed E-state index contributed by atoms with van der Waals surface area (Å²) in [6, 6.07) is 6.35. The Morgan fingerprint density at radius 1 is 1.24 bits per heavy atom. The van der Waals surface area contributed by atoms with Crippen LogP contribution in [0.3, 0.4) is 0 Å². The van der Waals surface area contributed by atoms with Crippen molar-refractivity contribution >= 4 is 23.7 Å². The third-order valence-electron chi connectivity index (χ3n) is 4.51. The minimum absolute atomic E-state index is 0.0560. The van der Waals surface area contributed by atoms with Gasteiger partial charge in [0.1, 0.15) is 12.4 Å². The Morgan fingerprint density at radius 2 is 1.88 bits per heavy atom. The number of piperazine rings is 1. The molecule has 25 heavy (non-hydrogen) atoms. The van der Waals surface area contributed by atoms with Crippen molar-refractivity contribution in [1.82, 2.24) is 14.7 Å². The minimum atomic E-state index is -0.263. The fraction of sp³-hybridized carbons (Fsp3) is 0.353. The number of halogens is 1. The molecule has 8 heteroatoms. The van der Waals surface area contributed by atoms with E-state index in [0.717, 1.165) is 5.69 Å². The van der Waals surface area contributed by atoms with Gasteiger partial charge in [0.15, 0.2) is 12.1 Å². The predicted octanol–water partition coefficient (Wildman–Crippen LogP) is 1.07. The molecule has 0 bridgehead atoms. The first-order valence-corrected chi connectivity index (χ1v) is 8.06. The number of nitrogens with zero attached hydrogens (tertiary/aromatic N) is 4. The Balaban J connectivity index is 1.60. The van der Waals surface area contributed by atoms with Gasteiger partial charge in [0, 0.05) is 37.6 Å². The fourth-order valence-electron chi connectivity index (χ4n) is 2.98. The minimum Gasteiger partial charge on any atom is -0.382 e. The number of carbonyl (C=O) groups is 2. The van der Waals surface area contributed by atoms with Crippen molar-refractivity contribution in [2.75, 3.05) is 36.8 Å². The summed E-state index contributed by atoms with van der Waals surface area (Å²) < 4.78 is 14.5. The summed E-state index contributed by atoms with van der Waals surface area (Å²) >= 11 is 0. The molecule has 1 aromatic carbocycles. The Bertz CT molecular complexity index is 779. The van der Waals surface area contributed by atoms with Gasteiger partial charge < -0.3 is 15.5 Å². The number of hydrogen-bond donors (Lipinski definition) is 1. The number of aldehydes is 1. The summed E-state index contributed by atoms with van der Waals surface area (Å²) in [6.07, 6.45) is 0.653. The van der Waals surface area contributed by atoms with Crippen LogP contribution in [0.5, 0.6) is 0 Å². The van der Waals surface area contributed by atoms with Crippen molar-refractivity contribution in [2.45, 2.75) is 13.5 Å². The number of nitrogen functional groups attached to an aromatic ring is 1. The molecule has 132 valence electrons. The van der Waals surface area contributed by atoms with E-state index < -0.39 is 0 Å². The summed E-state index contributed by atoms with van der Waals surface area (Å²) in [7, 11) is 0. The second-order valence-electron chi connectivity index (χ2n) is 6.00. The van der Waals surface area contributed by atoms with Gasteiger partial charge in [-0.3, -0.25) is 14.3 Å². The first-order valence-electron chi connectivity index (χ1n) is 8.06. The van der Waals surface area contributed by atoms with E-state index in [4.69, 9.17) is 5.73 Å². The zero-order valence-electron chi connectivity index (χ0n) is 14.0. The van der Waals surface area contributed by atoms with E-state index >= 15 is 0 Å². The van der Waals surface area contributed by atoms with Crippen LogP contribution < -0.4 is 10.6 Å². The third-order valence-corrected chi connectivity index (χ3v) is 4.51. The molecule has 0 radical (unpaired) electrons. The Hall–Kier alpha value is -2.90. The number of nitrogens with two attached hydrogens (primary N) is 1. The van der Waals surface area contributed by atoms with E-state index in [1.165, 1.54) is 16.8 Å². The molecule has 7 nitrogen and oxygen atoms in total. The second-order valence-corrected chi connectivity index (χ2v) is 6.00. The van der Waals surface area contributed by atoms with Crippen molar-refractivity contribution in [3.8, 4) is 0 Å². The van der Waals surface area contributed by atoms with Crippen molar-refractivity contribution in [3.63, 3.8) is 0 Å². The summed E-state index contributed by atoms with van der Waals surface area (Å²) in [5, 5.41) is 4.06. The number of amides is 1. The number of aromatic nitrogens is 2. The number of rotatable bonds is 4. The second kappa shape index (κ2) is 6.92. The molecular weight excluding hydrogens is 325 g/mol. The van der Waals surface area contributed by atoms with Crippen LogP contribution in [0.15, 0.2) is 24.3 Å². The topological polar surface area (TPSA) is 84.5 Å². The fourth-order valence-corrected chi connectivity index (χ4v) is 2.98. The molecule has 0 unspecified atom stereocenters. The monoisotopic (exact) mass is 345 g/mol. The SMILES string of the molecule is Cc1c(C=O)c(N)nn1CC(=O)N1CCN(c2ccc(F)cc2)CC1. The first kappa shape index (κ1) is 16.9. The molecule has 0 spiro atoms. The molecule has 1 fully saturated rings. The summed E-state index contributed by atoms with van der Waals surface area (Å²) in [5.41, 5.74) is 7.54. The van der Waals surface area contributed by atoms with Gasteiger partial charge in [-0.2, -0.15) is 5.10 Å². The van der Waals surface area contributed by atoms with Crippen LogP contribution in [0.1, 0.15) is 16.1 Å². The molecule has 1 aromatic heterocycles. The quantitative estimate of drug-likeness (QED) is 0.838. The van der Waals surface area contributed by atoms with Crippen LogP contribution in [-0.2, 0) is 11.3 Å². The van der Waals surface area contributed by atoms with Crippen LogP contribution in [0.25, 0.3) is 0 Å². The average molecular weight is 345 g/mol. The van der Waals surface area contributed by atoms with Crippen LogP contribution in [0, 0.1) is 12.7 Å². The third kappa shape index (κ3) is 3.47. The van der Waals surface area contributed by atoms with E-state index in [9.17, 15) is 14.0 Å². The Kier molecular flexibility index (Phi) is 4.69. The van der Waals surface area contributed by atoms with Gasteiger partial charge in [-0.25, -0.2) is 4.39 Å². The van der Waals surface area contributed by atoms with Crippen LogP contribution in [0.2, 0.25) is 0 Å². The van der Waals surface area contributed by atoms with Gasteiger partial charge >= 0.3 is 0 Å². The lowest BCUT2D eigenvalue weighted by molar-refractivity contribution is -0.132. The van der Waals surface area contributed by atoms with Gasteiger partial charge in [0.05, 0.1) is 5.56 Å². The highest BCUT2D eigenvalue weighted by Gasteiger charge is 2.23. The van der Waals surface area contributed by atoms with Gasteiger partial charge in [0.25, 0.3) is 0 Å². The number of carbonyl (C=O) groups excluding carboxylic acids is 2. The maximum absolute atomic E-state index is 13.0. The average Bonchev–Trinajstić information content (AvgIpc) is 2.88. The maximum atomic E-state index is 13.0. The van der Waals surface area contributed by atoms with Gasteiger partial charge in [-0.15, -0.1) is 0 Å². The van der Waals surface area contributed by atoms with Crippen LogP contribution in [0.4, 0.5) is 15.9 Å². The van der Waals surface area contributed by atoms with Crippen molar-refractivity contribution < 1.29 is 14.0 Å². The molecule has 1 amide bonds. The zero-order valence-corrected chi connectivity index (χ0v) is 14.0. The summed E-state index contributed by atoms with van der Waals surface area (Å²) in [5.74, 6) is -0.190. The summed E-state index contributed by atoms with van der Waals surface area (Å²) in [6.45, 7) is 4.28. The molecule has 1 aliphatic rings. The van der Waals surface area contributed by atoms with Crippen molar-refractivity contribution in [3.05, 3.63) is 41.3 Å². The van der Waals surface area contributed by atoms with E-state index in [1.54, 1.807) is 24.0 Å². The van der Waals surface area contributed by atoms with Gasteiger partial charge in [0.2, 0.25) is 5.91 Å². The summed E-state index contributed by atoms with van der Waals surface area (Å²) in [4.78, 5) is 27.3. The van der Waals surface area contributed by atoms with Crippen molar-refractivity contribution in [1.29, 1.82) is 0 Å². The highest BCUT2D eigenvalue weighted by molar-refractivity contribution is 5.84. The lowest BCUT2D eigenvalue weighted by Crippen LogP contribution is -2.49. The lowest BCUT2D eigenvalue weighted by Gasteiger charge is -2.36. The largest absolute Gasteiger partial charge is 0.382 e. The van der Waals surface area contributed by atoms with Crippen LogP contribution in [-0.4, -0.2) is 53.1 Å². The molecule has 1 aliphatic heterocycles. The van der Waals surface area contributed by atoms with Crippen molar-refractivity contribution in [2.24, 2.45) is 0 Å². The standard InChI is InChI=1S/C17H20FN5O2/c1-12-15(11-24)17(19)20-23(12)10-16(25)22-8-6-21(7-9-22)14-4-2-13(18)3-5-14/h2-5,11H,6-10H2,1H3,(H2,19,20). The molecule has 2 aromatic rings. The highest BCUT2D eigenvalue weighted by Crippen LogP contribution is 2.18. The maximum Gasteiger partial charge on any atom is 0.244 e. The van der Waals surface area contributed by atoms with E-state index in [1.807, 2.05) is 0 Å². The van der Waals surface area contributed by atoms with E-state index in [2.05, 4.69) is 10.00 Å². The number of hydrogen-bond acceptors (Lipinski definition) is 5. The smallest absolute Gasteiger partial charge is 0.244 e. The molecule has 2 N–H and O–H groups in total. The molecule has 2 heterocycles. The molecule has 1 saturated heterocycles. The molecular formula is C17H20FN5O2. The van der Waals surface area contributed by atoms with E-state index in [0.29, 0.717) is 43.7 Å². The zero-order chi connectivity index (χ0) is 18.0. The van der Waals surface area contributed by atoms with E-state index in [-0.39, 0.29) is 24.1 Å². The number of benzene rings is 1. The normalized spacial score (nSPS) is 14.6. The molecule has 0 atom stereocenters. The van der Waals surface area contributed by atoms with Crippen LogP contribution >= 0.6 is 0 Å². The lowest BCUT2D eigenvalue weighted by atomic mass is 10.2. The number of anilines is 2. The molecule has 0 aliphatic carbocycles. The first-order chi connectivity index (χ1) is 12.0. The van der Waals surface area contributed by atoms with Gasteiger partial charge in [-0.1, -0.05) is 0 Å². The Labute approximate surface area is 144 Å². The van der Waals surface area contributed by atoms with Gasteiger partial charge in [-0.05, 0) is 31.2 Å². The molecule has 0 saturated carbocycles. The predicted molar refractivity (Wildman–Crippen MR) is 92.0 cm³/mol. The highest BCUT2D eigenvalue weighted by atomic mass is 19.1. The Morgan fingerprint density at radius 3 is 2.44 bits per heavy atom. The molecule has 3 rings (SSSR count).